The number of aromatic amines is 1. The lowest BCUT2D eigenvalue weighted by Crippen LogP contribution is -2.37. The average Bonchev–Trinajstić information content (AvgIpc) is 2.71. The summed E-state index contributed by atoms with van der Waals surface area (Å²) in [5.74, 6) is 1.46. The van der Waals surface area contributed by atoms with Crippen molar-refractivity contribution in [1.82, 2.24) is 15.3 Å². The predicted octanol–water partition coefficient (Wildman–Crippen LogP) is 1.64. The van der Waals surface area contributed by atoms with Gasteiger partial charge < -0.3 is 16.0 Å². The van der Waals surface area contributed by atoms with Crippen molar-refractivity contribution in [3.8, 4) is 0 Å². The number of imidazole rings is 1. The molecule has 17 heavy (non-hydrogen) atoms. The van der Waals surface area contributed by atoms with Crippen LogP contribution < -0.4 is 11.1 Å². The highest BCUT2D eigenvalue weighted by molar-refractivity contribution is 5.74. The van der Waals surface area contributed by atoms with Gasteiger partial charge in [0.25, 0.3) is 0 Å². The van der Waals surface area contributed by atoms with E-state index in [1.807, 2.05) is 24.3 Å². The average molecular weight is 232 g/mol. The normalized spacial score (nSPS) is 13.4. The highest BCUT2D eigenvalue weighted by Gasteiger charge is 2.07. The van der Waals surface area contributed by atoms with Crippen LogP contribution in [-0.4, -0.2) is 22.6 Å². The largest absolute Gasteiger partial charge is 0.341 e. The summed E-state index contributed by atoms with van der Waals surface area (Å²) in [6.45, 7) is 5.81. The number of H-pyrrole nitrogens is 1. The third-order valence-electron chi connectivity index (χ3n) is 2.97. The van der Waals surface area contributed by atoms with E-state index in [1.165, 1.54) is 0 Å². The number of nitrogens with zero attached hydrogens (tertiary/aromatic N) is 1. The summed E-state index contributed by atoms with van der Waals surface area (Å²) in [6.07, 6.45) is 0. The molecule has 1 atom stereocenters. The Labute approximate surface area is 102 Å². The van der Waals surface area contributed by atoms with Crippen LogP contribution in [0, 0.1) is 5.92 Å². The Morgan fingerprint density at radius 3 is 2.82 bits per heavy atom. The van der Waals surface area contributed by atoms with Crippen LogP contribution >= 0.6 is 0 Å². The van der Waals surface area contributed by atoms with Crippen LogP contribution in [0.15, 0.2) is 24.3 Å². The number of nitrogens with one attached hydrogen (secondary N) is 2. The Bertz CT molecular complexity index is 442. The maximum atomic E-state index is 5.96. The molecule has 0 saturated carbocycles. The SMILES string of the molecule is CC(C)C(N)CNCc1nc2ccccc2[nH]1. The van der Waals surface area contributed by atoms with Crippen LogP contribution in [0.2, 0.25) is 0 Å². The minimum Gasteiger partial charge on any atom is -0.341 e. The van der Waals surface area contributed by atoms with Crippen LogP contribution in [0.25, 0.3) is 11.0 Å². The Hall–Kier alpha value is -1.39. The van der Waals surface area contributed by atoms with Gasteiger partial charge in [-0.05, 0) is 18.1 Å². The molecule has 4 heteroatoms. The van der Waals surface area contributed by atoms with Gasteiger partial charge in [-0.2, -0.15) is 0 Å². The molecular formula is C13H20N4. The Morgan fingerprint density at radius 2 is 2.12 bits per heavy atom. The van der Waals surface area contributed by atoms with Gasteiger partial charge in [0, 0.05) is 12.6 Å². The lowest BCUT2D eigenvalue weighted by molar-refractivity contribution is 0.456. The number of benzene rings is 1. The molecule has 0 radical (unpaired) electrons. The molecule has 1 heterocycles. The zero-order valence-corrected chi connectivity index (χ0v) is 10.4. The Morgan fingerprint density at radius 1 is 1.35 bits per heavy atom. The molecule has 0 aliphatic heterocycles. The minimum atomic E-state index is 0.194. The molecule has 92 valence electrons. The zero-order chi connectivity index (χ0) is 12.3. The third kappa shape index (κ3) is 3.05. The van der Waals surface area contributed by atoms with Crippen LogP contribution in [0.5, 0.6) is 0 Å². The Kier molecular flexibility index (Phi) is 3.76. The van der Waals surface area contributed by atoms with Crippen LogP contribution in [-0.2, 0) is 6.54 Å². The summed E-state index contributed by atoms with van der Waals surface area (Å²) in [6, 6.07) is 8.24. The number of nitrogens with two attached hydrogens (primary N) is 1. The van der Waals surface area contributed by atoms with E-state index in [0.717, 1.165) is 29.9 Å². The van der Waals surface area contributed by atoms with Gasteiger partial charge in [-0.1, -0.05) is 26.0 Å². The van der Waals surface area contributed by atoms with Gasteiger partial charge >= 0.3 is 0 Å². The van der Waals surface area contributed by atoms with Gasteiger partial charge in [0.15, 0.2) is 0 Å². The zero-order valence-electron chi connectivity index (χ0n) is 10.4. The molecule has 0 bridgehead atoms. The summed E-state index contributed by atoms with van der Waals surface area (Å²) in [5.41, 5.74) is 8.06. The van der Waals surface area contributed by atoms with E-state index in [1.54, 1.807) is 0 Å². The fourth-order valence-corrected chi connectivity index (χ4v) is 1.68. The van der Waals surface area contributed by atoms with E-state index >= 15 is 0 Å². The second-order valence-corrected chi connectivity index (χ2v) is 4.74. The minimum absolute atomic E-state index is 0.194. The molecule has 1 unspecified atom stereocenters. The lowest BCUT2D eigenvalue weighted by atomic mass is 10.1. The van der Waals surface area contributed by atoms with Crippen molar-refractivity contribution in [2.75, 3.05) is 6.54 Å². The van der Waals surface area contributed by atoms with E-state index in [9.17, 15) is 0 Å². The third-order valence-corrected chi connectivity index (χ3v) is 2.97. The molecule has 1 aromatic carbocycles. The van der Waals surface area contributed by atoms with Gasteiger partial charge in [0.1, 0.15) is 5.82 Å². The maximum absolute atomic E-state index is 5.96. The molecular weight excluding hydrogens is 212 g/mol. The van der Waals surface area contributed by atoms with Crippen molar-refractivity contribution in [3.05, 3.63) is 30.1 Å². The monoisotopic (exact) mass is 232 g/mol. The topological polar surface area (TPSA) is 66.7 Å². The second kappa shape index (κ2) is 5.29. The van der Waals surface area contributed by atoms with Crippen molar-refractivity contribution in [1.29, 1.82) is 0 Å². The van der Waals surface area contributed by atoms with Crippen LogP contribution in [0.1, 0.15) is 19.7 Å². The smallest absolute Gasteiger partial charge is 0.121 e. The number of fused-ring (bicyclic) bond motifs is 1. The van der Waals surface area contributed by atoms with Gasteiger partial charge in [0.2, 0.25) is 0 Å². The summed E-state index contributed by atoms with van der Waals surface area (Å²) >= 11 is 0. The van der Waals surface area contributed by atoms with Gasteiger partial charge in [0.05, 0.1) is 17.6 Å². The fraction of sp³-hybridized carbons (Fsp3) is 0.462. The lowest BCUT2D eigenvalue weighted by Gasteiger charge is -2.15. The first-order chi connectivity index (χ1) is 8.16. The molecule has 0 amide bonds. The summed E-state index contributed by atoms with van der Waals surface area (Å²) in [7, 11) is 0. The summed E-state index contributed by atoms with van der Waals surface area (Å²) < 4.78 is 0. The molecule has 4 nitrogen and oxygen atoms in total. The molecule has 0 fully saturated rings. The molecule has 0 saturated heterocycles. The maximum Gasteiger partial charge on any atom is 0.121 e. The first kappa shape index (κ1) is 12.1. The molecule has 1 aromatic heterocycles. The van der Waals surface area contributed by atoms with Crippen molar-refractivity contribution < 1.29 is 0 Å². The van der Waals surface area contributed by atoms with Gasteiger partial charge in [-0.3, -0.25) is 0 Å². The number of hydrogen-bond donors (Lipinski definition) is 3. The van der Waals surface area contributed by atoms with Crippen LogP contribution in [0.4, 0.5) is 0 Å². The number of rotatable bonds is 5. The standard InChI is InChI=1S/C13H20N4/c1-9(2)10(14)7-15-8-13-16-11-5-3-4-6-12(11)17-13/h3-6,9-10,15H,7-8,14H2,1-2H3,(H,16,17). The van der Waals surface area contributed by atoms with Crippen molar-refractivity contribution >= 4 is 11.0 Å². The summed E-state index contributed by atoms with van der Waals surface area (Å²) in [5, 5.41) is 3.32. The van der Waals surface area contributed by atoms with Crippen molar-refractivity contribution in [2.45, 2.75) is 26.4 Å². The van der Waals surface area contributed by atoms with Gasteiger partial charge in [-0.15, -0.1) is 0 Å². The predicted molar refractivity (Wildman–Crippen MR) is 70.6 cm³/mol. The molecule has 2 aromatic rings. The molecule has 0 spiro atoms. The number of hydrogen-bond acceptors (Lipinski definition) is 3. The molecule has 4 N–H and O–H groups in total. The molecule has 0 aliphatic rings. The van der Waals surface area contributed by atoms with Crippen LogP contribution in [0.3, 0.4) is 0 Å². The molecule has 0 aliphatic carbocycles. The quantitative estimate of drug-likeness (QED) is 0.734. The van der Waals surface area contributed by atoms with Crippen molar-refractivity contribution in [3.63, 3.8) is 0 Å². The highest BCUT2D eigenvalue weighted by Crippen LogP contribution is 2.09. The fourth-order valence-electron chi connectivity index (χ4n) is 1.68. The summed E-state index contributed by atoms with van der Waals surface area (Å²) in [4.78, 5) is 7.78. The number of para-hydroxylation sites is 2. The van der Waals surface area contributed by atoms with E-state index in [0.29, 0.717) is 5.92 Å². The first-order valence-corrected chi connectivity index (χ1v) is 6.06. The van der Waals surface area contributed by atoms with Crippen molar-refractivity contribution in [2.24, 2.45) is 11.7 Å². The second-order valence-electron chi connectivity index (χ2n) is 4.74. The molecule has 2 rings (SSSR count). The van der Waals surface area contributed by atoms with Gasteiger partial charge in [-0.25, -0.2) is 4.98 Å². The highest BCUT2D eigenvalue weighted by atomic mass is 15.0. The van der Waals surface area contributed by atoms with E-state index in [-0.39, 0.29) is 6.04 Å². The van der Waals surface area contributed by atoms with E-state index in [2.05, 4.69) is 29.1 Å². The number of aromatic nitrogens is 2. The first-order valence-electron chi connectivity index (χ1n) is 6.06. The Balaban J connectivity index is 1.91. The van der Waals surface area contributed by atoms with E-state index < -0.39 is 0 Å². The van der Waals surface area contributed by atoms with E-state index in [4.69, 9.17) is 5.73 Å².